The van der Waals surface area contributed by atoms with Crippen molar-refractivity contribution in [3.8, 4) is 11.8 Å². The van der Waals surface area contributed by atoms with Crippen LogP contribution in [0.4, 0.5) is 5.69 Å². The summed E-state index contributed by atoms with van der Waals surface area (Å²) in [6, 6.07) is 4.66. The molecule has 4 nitrogen and oxygen atoms in total. The lowest BCUT2D eigenvalue weighted by Crippen LogP contribution is -1.95. The molecule has 0 saturated carbocycles. The quantitative estimate of drug-likeness (QED) is 0.452. The molecule has 1 aromatic rings. The van der Waals surface area contributed by atoms with Gasteiger partial charge in [0.25, 0.3) is 5.69 Å². The van der Waals surface area contributed by atoms with E-state index < -0.39 is 4.92 Å². The van der Waals surface area contributed by atoms with Crippen LogP contribution in [0, 0.1) is 28.9 Å². The maximum Gasteiger partial charge on any atom is 0.270 e. The Bertz CT molecular complexity index is 430. The maximum absolute atomic E-state index is 10.5. The summed E-state index contributed by atoms with van der Waals surface area (Å²) < 4.78 is 0. The van der Waals surface area contributed by atoms with Crippen molar-refractivity contribution in [2.45, 2.75) is 13.3 Å². The van der Waals surface area contributed by atoms with Crippen LogP contribution in [-0.2, 0) is 0 Å². The second-order valence-electron chi connectivity index (χ2n) is 3.10. The van der Waals surface area contributed by atoms with Gasteiger partial charge in [0.1, 0.15) is 0 Å². The third-order valence-electron chi connectivity index (χ3n) is 1.92. The highest BCUT2D eigenvalue weighted by molar-refractivity contribution is 5.48. The highest BCUT2D eigenvalue weighted by atomic mass is 16.6. The van der Waals surface area contributed by atoms with Gasteiger partial charge >= 0.3 is 0 Å². The molecule has 0 aliphatic rings. The first kappa shape index (κ1) is 11.2. The summed E-state index contributed by atoms with van der Waals surface area (Å²) >= 11 is 0. The molecule has 0 aliphatic heterocycles. The van der Waals surface area contributed by atoms with Crippen LogP contribution < -0.4 is 5.73 Å². The maximum atomic E-state index is 10.5. The lowest BCUT2D eigenvalue weighted by molar-refractivity contribution is -0.384. The number of aryl methyl sites for hydroxylation is 1. The number of hydrogen-bond donors (Lipinski definition) is 1. The first-order chi connectivity index (χ1) is 7.15. The van der Waals surface area contributed by atoms with E-state index in [0.29, 0.717) is 18.5 Å². The molecule has 2 N–H and O–H groups in total. The Balaban J connectivity index is 3.02. The van der Waals surface area contributed by atoms with Crippen LogP contribution >= 0.6 is 0 Å². The standard InChI is InChI=1S/C11H12N2O2/c1-9-5-6-11(13(14)15)8-10(9)4-2-3-7-12/h5-6,8H,3,7,12H2,1H3. The van der Waals surface area contributed by atoms with Gasteiger partial charge in [-0.2, -0.15) is 0 Å². The minimum atomic E-state index is -0.423. The molecule has 0 bridgehead atoms. The Kier molecular flexibility index (Phi) is 3.83. The Labute approximate surface area is 88.2 Å². The molecule has 0 unspecified atom stereocenters. The minimum Gasteiger partial charge on any atom is -0.330 e. The third-order valence-corrected chi connectivity index (χ3v) is 1.92. The zero-order chi connectivity index (χ0) is 11.3. The van der Waals surface area contributed by atoms with Crippen molar-refractivity contribution in [1.29, 1.82) is 0 Å². The van der Waals surface area contributed by atoms with Crippen molar-refractivity contribution >= 4 is 5.69 Å². The van der Waals surface area contributed by atoms with Crippen molar-refractivity contribution in [3.63, 3.8) is 0 Å². The van der Waals surface area contributed by atoms with Gasteiger partial charge in [-0.15, -0.1) is 0 Å². The molecule has 15 heavy (non-hydrogen) atoms. The van der Waals surface area contributed by atoms with Gasteiger partial charge in [0, 0.05) is 30.7 Å². The van der Waals surface area contributed by atoms with E-state index in [4.69, 9.17) is 5.73 Å². The number of nitro groups is 1. The first-order valence-electron chi connectivity index (χ1n) is 4.59. The predicted molar refractivity (Wildman–Crippen MR) is 58.4 cm³/mol. The van der Waals surface area contributed by atoms with Crippen molar-refractivity contribution in [2.75, 3.05) is 6.54 Å². The molecule has 0 saturated heterocycles. The SMILES string of the molecule is Cc1ccc([N+](=O)[O-])cc1C#CCCN. The molecule has 4 heteroatoms. The Morgan fingerprint density at radius 2 is 2.27 bits per heavy atom. The van der Waals surface area contributed by atoms with Crippen molar-refractivity contribution in [3.05, 3.63) is 39.4 Å². The molecule has 0 spiro atoms. The molecular weight excluding hydrogens is 192 g/mol. The largest absolute Gasteiger partial charge is 0.330 e. The van der Waals surface area contributed by atoms with Crippen LogP contribution in [0.3, 0.4) is 0 Å². The number of nitro benzene ring substituents is 1. The fraction of sp³-hybridized carbons (Fsp3) is 0.273. The molecular formula is C11H12N2O2. The fourth-order valence-electron chi connectivity index (χ4n) is 1.09. The summed E-state index contributed by atoms with van der Waals surface area (Å²) in [4.78, 5) is 10.1. The molecule has 0 radical (unpaired) electrons. The van der Waals surface area contributed by atoms with E-state index >= 15 is 0 Å². The van der Waals surface area contributed by atoms with Gasteiger partial charge in [-0.3, -0.25) is 10.1 Å². The van der Waals surface area contributed by atoms with Crippen molar-refractivity contribution < 1.29 is 4.92 Å². The van der Waals surface area contributed by atoms with Crippen LogP contribution in [0.2, 0.25) is 0 Å². The van der Waals surface area contributed by atoms with Gasteiger partial charge in [0.15, 0.2) is 0 Å². The average Bonchev–Trinajstić information content (AvgIpc) is 2.20. The van der Waals surface area contributed by atoms with Gasteiger partial charge in [-0.25, -0.2) is 0 Å². The van der Waals surface area contributed by atoms with Gasteiger partial charge in [-0.05, 0) is 12.5 Å². The van der Waals surface area contributed by atoms with E-state index in [2.05, 4.69) is 11.8 Å². The highest BCUT2D eigenvalue weighted by Crippen LogP contribution is 2.16. The topological polar surface area (TPSA) is 69.2 Å². The number of benzene rings is 1. The monoisotopic (exact) mass is 204 g/mol. The van der Waals surface area contributed by atoms with Gasteiger partial charge in [-0.1, -0.05) is 17.9 Å². The molecule has 0 aromatic heterocycles. The summed E-state index contributed by atoms with van der Waals surface area (Å²) in [6.07, 6.45) is 0.599. The zero-order valence-corrected chi connectivity index (χ0v) is 8.49. The number of hydrogen-bond acceptors (Lipinski definition) is 3. The van der Waals surface area contributed by atoms with Crippen LogP contribution in [0.5, 0.6) is 0 Å². The van der Waals surface area contributed by atoms with Gasteiger partial charge < -0.3 is 5.73 Å². The Morgan fingerprint density at radius 1 is 1.53 bits per heavy atom. The first-order valence-corrected chi connectivity index (χ1v) is 4.59. The normalized spacial score (nSPS) is 9.20. The molecule has 1 aromatic carbocycles. The van der Waals surface area contributed by atoms with Crippen LogP contribution in [0.1, 0.15) is 17.5 Å². The van der Waals surface area contributed by atoms with Crippen LogP contribution in [0.15, 0.2) is 18.2 Å². The average molecular weight is 204 g/mol. The number of nitrogens with zero attached hydrogens (tertiary/aromatic N) is 1. The van der Waals surface area contributed by atoms with E-state index in [1.165, 1.54) is 12.1 Å². The summed E-state index contributed by atoms with van der Waals surface area (Å²) in [5.74, 6) is 5.74. The minimum absolute atomic E-state index is 0.0673. The van der Waals surface area contributed by atoms with E-state index in [-0.39, 0.29) is 5.69 Å². The zero-order valence-electron chi connectivity index (χ0n) is 8.49. The van der Waals surface area contributed by atoms with E-state index in [0.717, 1.165) is 5.56 Å². The molecule has 0 atom stereocenters. The van der Waals surface area contributed by atoms with Gasteiger partial charge in [0.2, 0.25) is 0 Å². The number of non-ortho nitro benzene ring substituents is 1. The summed E-state index contributed by atoms with van der Waals surface area (Å²) in [5.41, 5.74) is 6.99. The lowest BCUT2D eigenvalue weighted by atomic mass is 10.1. The second-order valence-corrected chi connectivity index (χ2v) is 3.10. The molecule has 0 heterocycles. The lowest BCUT2D eigenvalue weighted by Gasteiger charge is -1.97. The number of nitrogens with two attached hydrogens (primary N) is 1. The van der Waals surface area contributed by atoms with Crippen molar-refractivity contribution in [1.82, 2.24) is 0 Å². The Morgan fingerprint density at radius 3 is 2.87 bits per heavy atom. The van der Waals surface area contributed by atoms with E-state index in [1.807, 2.05) is 6.92 Å². The molecule has 0 aliphatic carbocycles. The molecule has 0 amide bonds. The summed E-state index contributed by atoms with van der Waals surface area (Å²) in [6.45, 7) is 2.37. The number of rotatable bonds is 2. The molecule has 0 fully saturated rings. The molecule has 1 rings (SSSR count). The predicted octanol–water partition coefficient (Wildman–Crippen LogP) is 1.60. The van der Waals surface area contributed by atoms with Gasteiger partial charge in [0.05, 0.1) is 4.92 Å². The molecule has 78 valence electrons. The third kappa shape index (κ3) is 3.08. The van der Waals surface area contributed by atoms with Crippen molar-refractivity contribution in [2.24, 2.45) is 5.73 Å². The second kappa shape index (κ2) is 5.13. The smallest absolute Gasteiger partial charge is 0.270 e. The summed E-state index contributed by atoms with van der Waals surface area (Å²) in [7, 11) is 0. The Hall–Kier alpha value is -1.86. The highest BCUT2D eigenvalue weighted by Gasteiger charge is 2.06. The fourth-order valence-corrected chi connectivity index (χ4v) is 1.09. The summed E-state index contributed by atoms with van der Waals surface area (Å²) in [5, 5.41) is 10.5. The van der Waals surface area contributed by atoms with Crippen LogP contribution in [0.25, 0.3) is 0 Å². The van der Waals surface area contributed by atoms with Crippen LogP contribution in [-0.4, -0.2) is 11.5 Å². The van der Waals surface area contributed by atoms with E-state index in [9.17, 15) is 10.1 Å². The van der Waals surface area contributed by atoms with E-state index in [1.54, 1.807) is 6.07 Å².